The van der Waals surface area contributed by atoms with E-state index < -0.39 is 0 Å². The van der Waals surface area contributed by atoms with E-state index in [-0.39, 0.29) is 195 Å². The zero-order valence-corrected chi connectivity index (χ0v) is 36.4. The van der Waals surface area contributed by atoms with Crippen molar-refractivity contribution in [2.24, 2.45) is 0 Å². The van der Waals surface area contributed by atoms with Crippen molar-refractivity contribution in [1.82, 2.24) is 0 Å². The molecule has 0 atom stereocenters. The van der Waals surface area contributed by atoms with Gasteiger partial charge >= 0.3 is 0 Å². The second-order valence-corrected chi connectivity index (χ2v) is 18.0. The Hall–Kier alpha value is 6.17. The molecule has 0 nitrogen and oxygen atoms in total. The monoisotopic (exact) mass is 1220 g/mol. The molecule has 0 fully saturated rings. The molecule has 0 saturated carbocycles. The summed E-state index contributed by atoms with van der Waals surface area (Å²) in [5.74, 6) is 0. The minimum absolute atomic E-state index is 0. The molecule has 0 aromatic carbocycles. The van der Waals surface area contributed by atoms with Crippen LogP contribution < -0.4 is 0 Å². The molecular weight excluding hydrogens is 1180 g/mol. The average Bonchev–Trinajstić information content (AvgIpc) is 1.76. The van der Waals surface area contributed by atoms with Gasteiger partial charge in [-0.3, -0.25) is 0 Å². The summed E-state index contributed by atoms with van der Waals surface area (Å²) in [6, 6.07) is 0. The predicted molar refractivity (Wildman–Crippen MR) is 93.4 cm³/mol. The van der Waals surface area contributed by atoms with Crippen LogP contribution in [-0.4, -0.2) is 35.2 Å². The van der Waals surface area contributed by atoms with Crippen molar-refractivity contribution in [1.29, 1.82) is 0 Å². The largest absolute Gasteiger partial charge is 0.0715 e. The van der Waals surface area contributed by atoms with Crippen LogP contribution in [0.15, 0.2) is 0 Å². The summed E-state index contributed by atoms with van der Waals surface area (Å²) in [5.41, 5.74) is 0. The van der Waals surface area contributed by atoms with Gasteiger partial charge in [0.1, 0.15) is 0 Å². The quantitative estimate of drug-likeness (QED) is 0.283. The van der Waals surface area contributed by atoms with Crippen molar-refractivity contribution in [3.8, 4) is 0 Å². The molecule has 0 saturated heterocycles. The van der Waals surface area contributed by atoms with E-state index in [1.54, 1.807) is 0 Å². The molecule has 0 amide bonds. The molecule has 0 heterocycles. The van der Waals surface area contributed by atoms with Crippen LogP contribution in [0, 0.1) is 160 Å². The Kier molecular flexibility index (Phi) is 112. The Bertz CT molecular complexity index is 70.4. The van der Waals surface area contributed by atoms with Crippen LogP contribution in [0.3, 0.4) is 0 Å². The Morgan fingerprint density at radius 3 is 0.250 bits per heavy atom. The Labute approximate surface area is 266 Å². The third-order valence-electron chi connectivity index (χ3n) is 0. The molecule has 4 radical (unpaired) electrons. The zero-order chi connectivity index (χ0) is 14.3. The minimum atomic E-state index is 0. The molecule has 0 rings (SSSR count). The third kappa shape index (κ3) is 341. The standard InChI is InChI=1S/4C3H9Si.4Th/c4*1-4(2)3;;;;/h4*1-3H3;;;;. The third-order valence-corrected chi connectivity index (χ3v) is 0. The van der Waals surface area contributed by atoms with Gasteiger partial charge < -0.3 is 0 Å². The average molecular weight is 1220 g/mol. The summed E-state index contributed by atoms with van der Waals surface area (Å²) in [5, 5.41) is 0. The minimum Gasteiger partial charge on any atom is -0.0715 e. The summed E-state index contributed by atoms with van der Waals surface area (Å²) in [6.45, 7) is 27.2. The van der Waals surface area contributed by atoms with Crippen LogP contribution in [0.25, 0.3) is 0 Å². The Balaban J connectivity index is -0.0000000150. The van der Waals surface area contributed by atoms with Crippen LogP contribution in [0.2, 0.25) is 78.6 Å². The second-order valence-electron chi connectivity index (χ2n) is 6.00. The first kappa shape index (κ1) is 50.2. The first-order valence-corrected chi connectivity index (χ1v) is 18.0. The number of hydrogen-bond acceptors (Lipinski definition) is 0. The van der Waals surface area contributed by atoms with Gasteiger partial charge in [-0.15, -0.1) is 0 Å². The van der Waals surface area contributed by atoms with Crippen molar-refractivity contribution in [3.63, 3.8) is 0 Å². The van der Waals surface area contributed by atoms with Gasteiger partial charge in [0.15, 0.2) is 0 Å². The number of hydrogen-bond donors (Lipinski definition) is 0. The molecule has 0 aliphatic carbocycles. The predicted octanol–water partition coefficient (Wildman–Crippen LogP) is 5.48. The van der Waals surface area contributed by atoms with E-state index in [4.69, 9.17) is 0 Å². The van der Waals surface area contributed by atoms with Crippen LogP contribution in [0.5, 0.6) is 0 Å². The first-order valence-electron chi connectivity index (χ1n) is 6.00. The zero-order valence-electron chi connectivity index (χ0n) is 16.0. The molecule has 116 valence electrons. The fraction of sp³-hybridized carbons (Fsp3) is 1.00. The maximum absolute atomic E-state index is 2.27. The fourth-order valence-corrected chi connectivity index (χ4v) is 0. The fourth-order valence-electron chi connectivity index (χ4n) is 0. The Morgan fingerprint density at radius 2 is 0.250 bits per heavy atom. The summed E-state index contributed by atoms with van der Waals surface area (Å²) >= 11 is 0. The maximum atomic E-state index is 2.27. The molecule has 0 aliphatic heterocycles. The van der Waals surface area contributed by atoms with Crippen molar-refractivity contribution < 1.29 is 160 Å². The molecule has 8 heteroatoms. The van der Waals surface area contributed by atoms with Crippen molar-refractivity contribution in [2.45, 2.75) is 78.6 Å². The molecule has 0 aliphatic rings. The Morgan fingerprint density at radius 1 is 0.250 bits per heavy atom. The van der Waals surface area contributed by atoms with Crippen molar-refractivity contribution in [3.05, 3.63) is 0 Å². The summed E-state index contributed by atoms with van der Waals surface area (Å²) in [7, 11) is 0.481. The van der Waals surface area contributed by atoms with Crippen molar-refractivity contribution in [2.75, 3.05) is 0 Å². The van der Waals surface area contributed by atoms with Crippen molar-refractivity contribution >= 4 is 35.2 Å². The van der Waals surface area contributed by atoms with Gasteiger partial charge in [-0.1, -0.05) is 78.6 Å². The molecule has 20 heavy (non-hydrogen) atoms. The summed E-state index contributed by atoms with van der Waals surface area (Å²) in [6.07, 6.45) is 0. The van der Waals surface area contributed by atoms with E-state index >= 15 is 0 Å². The van der Waals surface area contributed by atoms with Gasteiger partial charge in [-0.25, -0.2) is 0 Å². The van der Waals surface area contributed by atoms with Crippen LogP contribution in [0.4, 0.5) is 0 Å². The molecule has 0 unspecified atom stereocenters. The van der Waals surface area contributed by atoms with E-state index in [0.29, 0.717) is 0 Å². The van der Waals surface area contributed by atoms with E-state index in [1.807, 2.05) is 0 Å². The van der Waals surface area contributed by atoms with Crippen LogP contribution in [0.1, 0.15) is 0 Å². The molecule has 0 N–H and O–H groups in total. The van der Waals surface area contributed by atoms with Gasteiger partial charge in [0.05, 0.1) is 0 Å². The first-order chi connectivity index (χ1) is 6.93. The van der Waals surface area contributed by atoms with E-state index in [9.17, 15) is 0 Å². The molecule has 0 spiro atoms. The molecule has 0 bridgehead atoms. The van der Waals surface area contributed by atoms with Crippen LogP contribution >= 0.6 is 0 Å². The van der Waals surface area contributed by atoms with Gasteiger partial charge in [0.2, 0.25) is 0 Å². The maximum Gasteiger partial charge on any atom is 0.0379 e. The van der Waals surface area contributed by atoms with Gasteiger partial charge in [-0.05, 0) is 0 Å². The van der Waals surface area contributed by atoms with Gasteiger partial charge in [0, 0.05) is 195 Å². The normalized spacial score (nSPS) is 7.20. The van der Waals surface area contributed by atoms with Crippen LogP contribution in [-0.2, 0) is 0 Å². The van der Waals surface area contributed by atoms with E-state index in [1.165, 1.54) is 0 Å². The molecular formula is C12H36Si4Th4. The summed E-state index contributed by atoms with van der Waals surface area (Å²) in [4.78, 5) is 0. The van der Waals surface area contributed by atoms with Gasteiger partial charge in [0.25, 0.3) is 0 Å². The van der Waals surface area contributed by atoms with Gasteiger partial charge in [-0.2, -0.15) is 0 Å². The summed E-state index contributed by atoms with van der Waals surface area (Å²) < 4.78 is 0. The van der Waals surface area contributed by atoms with E-state index in [0.717, 1.165) is 0 Å². The second kappa shape index (κ2) is 44.5. The molecule has 0 aromatic heterocycles. The smallest absolute Gasteiger partial charge is 0.0379 e. The SMILES string of the molecule is C[Si](C)C.C[Si](C)C.C[Si](C)C.C[Si](C)C.[Th].[Th].[Th].[Th]. The van der Waals surface area contributed by atoms with E-state index in [2.05, 4.69) is 78.6 Å². The molecule has 0 aromatic rings. The number of rotatable bonds is 0. The topological polar surface area (TPSA) is 0 Å².